The van der Waals surface area contributed by atoms with E-state index in [0.29, 0.717) is 24.6 Å². The first-order chi connectivity index (χ1) is 9.52. The van der Waals surface area contributed by atoms with E-state index >= 15 is 0 Å². The molecule has 7 heteroatoms. The predicted octanol–water partition coefficient (Wildman–Crippen LogP) is 0.454. The molecule has 0 unspecified atom stereocenters. The SMILES string of the molecule is COC(=O)CCC(=O)NCCNc1nc(C)ccc1N. The normalized spacial score (nSPS) is 9.90. The van der Waals surface area contributed by atoms with E-state index in [1.165, 1.54) is 7.11 Å². The van der Waals surface area contributed by atoms with Crippen molar-refractivity contribution in [2.75, 3.05) is 31.2 Å². The smallest absolute Gasteiger partial charge is 0.306 e. The topological polar surface area (TPSA) is 106 Å². The van der Waals surface area contributed by atoms with Gasteiger partial charge in [0.05, 0.1) is 19.2 Å². The van der Waals surface area contributed by atoms with Gasteiger partial charge in [-0.25, -0.2) is 4.98 Å². The lowest BCUT2D eigenvalue weighted by atomic mass is 10.3. The number of amides is 1. The molecule has 1 aromatic heterocycles. The Morgan fingerprint density at radius 3 is 2.75 bits per heavy atom. The van der Waals surface area contributed by atoms with E-state index in [0.717, 1.165) is 5.69 Å². The number of hydrogen-bond donors (Lipinski definition) is 3. The van der Waals surface area contributed by atoms with Gasteiger partial charge >= 0.3 is 5.97 Å². The molecule has 0 aromatic carbocycles. The molecule has 0 spiro atoms. The number of ether oxygens (including phenoxy) is 1. The number of nitrogen functional groups attached to an aromatic ring is 1. The Kier molecular flexibility index (Phi) is 6.28. The molecule has 20 heavy (non-hydrogen) atoms. The molecular formula is C13H20N4O3. The summed E-state index contributed by atoms with van der Waals surface area (Å²) in [6.07, 6.45) is 0.208. The number of nitrogens with zero attached hydrogens (tertiary/aromatic N) is 1. The van der Waals surface area contributed by atoms with E-state index in [-0.39, 0.29) is 18.7 Å². The van der Waals surface area contributed by atoms with Crippen LogP contribution in [0.1, 0.15) is 18.5 Å². The van der Waals surface area contributed by atoms with Crippen LogP contribution in [-0.4, -0.2) is 37.1 Å². The number of esters is 1. The highest BCUT2D eigenvalue weighted by atomic mass is 16.5. The Morgan fingerprint density at radius 1 is 1.30 bits per heavy atom. The van der Waals surface area contributed by atoms with Crippen molar-refractivity contribution in [3.05, 3.63) is 17.8 Å². The monoisotopic (exact) mass is 280 g/mol. The Bertz CT molecular complexity index is 477. The van der Waals surface area contributed by atoms with E-state index in [2.05, 4.69) is 20.4 Å². The fourth-order valence-electron chi connectivity index (χ4n) is 1.50. The molecule has 110 valence electrons. The number of carbonyl (C=O) groups excluding carboxylic acids is 2. The number of carbonyl (C=O) groups is 2. The van der Waals surface area contributed by atoms with Crippen molar-refractivity contribution in [2.24, 2.45) is 0 Å². The Morgan fingerprint density at radius 2 is 2.05 bits per heavy atom. The van der Waals surface area contributed by atoms with Gasteiger partial charge in [-0.1, -0.05) is 0 Å². The number of rotatable bonds is 7. The number of anilines is 2. The zero-order chi connectivity index (χ0) is 15.0. The zero-order valence-electron chi connectivity index (χ0n) is 11.7. The standard InChI is InChI=1S/C13H20N4O3/c1-9-3-4-10(14)13(17-9)16-8-7-15-11(18)5-6-12(19)20-2/h3-4H,5-8,14H2,1-2H3,(H,15,18)(H,16,17). The second kappa shape index (κ2) is 7.98. The lowest BCUT2D eigenvalue weighted by Gasteiger charge is -2.09. The van der Waals surface area contributed by atoms with Gasteiger partial charge in [0.15, 0.2) is 0 Å². The third-order valence-corrected chi connectivity index (χ3v) is 2.59. The Hall–Kier alpha value is -2.31. The number of pyridine rings is 1. The lowest BCUT2D eigenvalue weighted by molar-refractivity contribution is -0.142. The molecule has 0 saturated carbocycles. The fraction of sp³-hybridized carbons (Fsp3) is 0.462. The van der Waals surface area contributed by atoms with Gasteiger partial charge in [0.1, 0.15) is 5.82 Å². The van der Waals surface area contributed by atoms with Crippen LogP contribution in [0.4, 0.5) is 11.5 Å². The summed E-state index contributed by atoms with van der Waals surface area (Å²) in [5.41, 5.74) is 7.19. The number of aromatic nitrogens is 1. The summed E-state index contributed by atoms with van der Waals surface area (Å²) in [6, 6.07) is 3.61. The van der Waals surface area contributed by atoms with Gasteiger partial charge in [-0.2, -0.15) is 0 Å². The molecule has 0 aliphatic rings. The summed E-state index contributed by atoms with van der Waals surface area (Å²) in [5, 5.41) is 5.73. The molecule has 1 aromatic rings. The highest BCUT2D eigenvalue weighted by Gasteiger charge is 2.06. The number of methoxy groups -OCH3 is 1. The number of nitrogens with two attached hydrogens (primary N) is 1. The van der Waals surface area contributed by atoms with Crippen LogP contribution in [0.5, 0.6) is 0 Å². The first-order valence-corrected chi connectivity index (χ1v) is 6.33. The molecule has 0 aliphatic heterocycles. The summed E-state index contributed by atoms with van der Waals surface area (Å²) < 4.78 is 4.46. The summed E-state index contributed by atoms with van der Waals surface area (Å²) in [7, 11) is 1.30. The van der Waals surface area contributed by atoms with Crippen LogP contribution in [0.3, 0.4) is 0 Å². The summed E-state index contributed by atoms with van der Waals surface area (Å²) in [4.78, 5) is 26.5. The Balaban J connectivity index is 2.23. The maximum atomic E-state index is 11.4. The molecule has 1 amide bonds. The largest absolute Gasteiger partial charge is 0.469 e. The van der Waals surface area contributed by atoms with Gasteiger partial charge < -0.3 is 21.1 Å². The van der Waals surface area contributed by atoms with Crippen molar-refractivity contribution < 1.29 is 14.3 Å². The van der Waals surface area contributed by atoms with Crippen molar-refractivity contribution in [1.29, 1.82) is 0 Å². The van der Waals surface area contributed by atoms with Gasteiger partial charge in [-0.15, -0.1) is 0 Å². The van der Waals surface area contributed by atoms with E-state index in [9.17, 15) is 9.59 Å². The van der Waals surface area contributed by atoms with Gasteiger partial charge in [0.2, 0.25) is 5.91 Å². The van der Waals surface area contributed by atoms with Crippen LogP contribution in [-0.2, 0) is 14.3 Å². The Labute approximate surface area is 117 Å². The highest BCUT2D eigenvalue weighted by Crippen LogP contribution is 2.14. The predicted molar refractivity (Wildman–Crippen MR) is 76.1 cm³/mol. The molecule has 0 atom stereocenters. The van der Waals surface area contributed by atoms with Crippen molar-refractivity contribution in [1.82, 2.24) is 10.3 Å². The van der Waals surface area contributed by atoms with Crippen molar-refractivity contribution >= 4 is 23.4 Å². The number of hydrogen-bond acceptors (Lipinski definition) is 6. The molecule has 0 bridgehead atoms. The molecule has 0 aliphatic carbocycles. The van der Waals surface area contributed by atoms with Crippen LogP contribution >= 0.6 is 0 Å². The minimum atomic E-state index is -0.394. The maximum absolute atomic E-state index is 11.4. The first kappa shape index (κ1) is 15.7. The second-order valence-electron chi connectivity index (χ2n) is 4.24. The summed E-state index contributed by atoms with van der Waals surface area (Å²) >= 11 is 0. The third-order valence-electron chi connectivity index (χ3n) is 2.59. The molecule has 0 saturated heterocycles. The second-order valence-corrected chi connectivity index (χ2v) is 4.24. The van der Waals surface area contributed by atoms with Crippen molar-refractivity contribution in [2.45, 2.75) is 19.8 Å². The highest BCUT2D eigenvalue weighted by molar-refractivity contribution is 5.81. The average molecular weight is 280 g/mol. The molecular weight excluding hydrogens is 260 g/mol. The van der Waals surface area contributed by atoms with E-state index in [1.54, 1.807) is 6.07 Å². The molecule has 0 radical (unpaired) electrons. The molecule has 7 nitrogen and oxygen atoms in total. The minimum absolute atomic E-state index is 0.0855. The lowest BCUT2D eigenvalue weighted by Crippen LogP contribution is -2.29. The molecule has 1 heterocycles. The van der Waals surface area contributed by atoms with Crippen LogP contribution in [0, 0.1) is 6.92 Å². The number of nitrogens with one attached hydrogen (secondary N) is 2. The first-order valence-electron chi connectivity index (χ1n) is 6.33. The van der Waals surface area contributed by atoms with Crippen molar-refractivity contribution in [3.8, 4) is 0 Å². The maximum Gasteiger partial charge on any atom is 0.306 e. The molecule has 4 N–H and O–H groups in total. The fourth-order valence-corrected chi connectivity index (χ4v) is 1.50. The van der Waals surface area contributed by atoms with E-state index in [1.807, 2.05) is 13.0 Å². The average Bonchev–Trinajstić information content (AvgIpc) is 2.44. The van der Waals surface area contributed by atoms with Crippen LogP contribution < -0.4 is 16.4 Å². The van der Waals surface area contributed by atoms with Gasteiger partial charge in [0.25, 0.3) is 0 Å². The van der Waals surface area contributed by atoms with Crippen LogP contribution in [0.15, 0.2) is 12.1 Å². The summed E-state index contributed by atoms with van der Waals surface area (Å²) in [5.74, 6) is 0.0196. The van der Waals surface area contributed by atoms with E-state index < -0.39 is 5.97 Å². The molecule has 1 rings (SSSR count). The van der Waals surface area contributed by atoms with Crippen LogP contribution in [0.2, 0.25) is 0 Å². The van der Waals surface area contributed by atoms with Gasteiger partial charge in [-0.3, -0.25) is 9.59 Å². The summed E-state index contributed by atoms with van der Waals surface area (Å²) in [6.45, 7) is 2.80. The quantitative estimate of drug-likeness (QED) is 0.494. The van der Waals surface area contributed by atoms with Gasteiger partial charge in [-0.05, 0) is 19.1 Å². The third kappa shape index (κ3) is 5.55. The van der Waals surface area contributed by atoms with Gasteiger partial charge in [0, 0.05) is 25.2 Å². The van der Waals surface area contributed by atoms with Crippen molar-refractivity contribution in [3.63, 3.8) is 0 Å². The van der Waals surface area contributed by atoms with Crippen LogP contribution in [0.25, 0.3) is 0 Å². The zero-order valence-corrected chi connectivity index (χ0v) is 11.7. The number of aryl methyl sites for hydroxylation is 1. The molecule has 0 fully saturated rings. The van der Waals surface area contributed by atoms with E-state index in [4.69, 9.17) is 5.73 Å². The minimum Gasteiger partial charge on any atom is -0.469 e.